The van der Waals surface area contributed by atoms with E-state index >= 15 is 0 Å². The summed E-state index contributed by atoms with van der Waals surface area (Å²) >= 11 is 0. The summed E-state index contributed by atoms with van der Waals surface area (Å²) < 4.78 is 18.5. The van der Waals surface area contributed by atoms with Gasteiger partial charge in [0.2, 0.25) is 0 Å². The molecule has 0 saturated carbocycles. The lowest BCUT2D eigenvalue weighted by Gasteiger charge is -2.40. The lowest BCUT2D eigenvalue weighted by Crippen LogP contribution is -2.45. The molecule has 1 aliphatic rings. The summed E-state index contributed by atoms with van der Waals surface area (Å²) in [6.45, 7) is 16.5. The van der Waals surface area contributed by atoms with Crippen LogP contribution in [0.15, 0.2) is 43.3 Å². The van der Waals surface area contributed by atoms with Crippen molar-refractivity contribution in [2.24, 2.45) is 11.6 Å². The molecule has 0 aromatic carbocycles. The Bertz CT molecular complexity index is 1150. The number of esters is 1. The summed E-state index contributed by atoms with van der Waals surface area (Å²) in [6, 6.07) is 1.89. The highest BCUT2D eigenvalue weighted by atomic mass is 16.5. The van der Waals surface area contributed by atoms with Gasteiger partial charge in [-0.1, -0.05) is 12.2 Å². The molecule has 38 heavy (non-hydrogen) atoms. The lowest BCUT2D eigenvalue weighted by atomic mass is 9.93. The summed E-state index contributed by atoms with van der Waals surface area (Å²) in [7, 11) is 0. The van der Waals surface area contributed by atoms with Gasteiger partial charge in [-0.2, -0.15) is 9.61 Å². The molecule has 1 fully saturated rings. The first-order valence-corrected chi connectivity index (χ1v) is 12.9. The van der Waals surface area contributed by atoms with Crippen molar-refractivity contribution in [1.29, 1.82) is 0 Å². The van der Waals surface area contributed by atoms with Gasteiger partial charge in [0.25, 0.3) is 0 Å². The molecule has 3 rings (SSSR count). The SMILES string of the molecule is C=CCOC/C(N)=C/N(N)Cc1cc2nc(C)c(CC(=O)OCC)c(N3CCC(C)(OCC=C)CC3)n2n1. The van der Waals surface area contributed by atoms with Crippen molar-refractivity contribution in [3.8, 4) is 0 Å². The van der Waals surface area contributed by atoms with E-state index in [0.717, 1.165) is 43.0 Å². The largest absolute Gasteiger partial charge is 0.466 e. The molecule has 0 amide bonds. The lowest BCUT2D eigenvalue weighted by molar-refractivity contribution is -0.142. The van der Waals surface area contributed by atoms with Gasteiger partial charge in [0.05, 0.1) is 56.4 Å². The van der Waals surface area contributed by atoms with E-state index in [1.165, 1.54) is 5.01 Å². The van der Waals surface area contributed by atoms with E-state index in [2.05, 4.69) is 25.0 Å². The van der Waals surface area contributed by atoms with Gasteiger partial charge in [0.15, 0.2) is 5.65 Å². The average Bonchev–Trinajstić information content (AvgIpc) is 3.25. The molecule has 208 valence electrons. The van der Waals surface area contributed by atoms with Crippen LogP contribution in [0.5, 0.6) is 0 Å². The van der Waals surface area contributed by atoms with Crippen molar-refractivity contribution < 1.29 is 19.0 Å². The fraction of sp³-hybridized carbons (Fsp3) is 0.519. The quantitative estimate of drug-likeness (QED) is 0.124. The molecule has 0 atom stereocenters. The molecule has 0 aliphatic carbocycles. The van der Waals surface area contributed by atoms with Crippen LogP contribution in [-0.2, 0) is 32.0 Å². The van der Waals surface area contributed by atoms with Gasteiger partial charge < -0.3 is 29.9 Å². The van der Waals surface area contributed by atoms with Crippen LogP contribution in [0.2, 0.25) is 0 Å². The first kappa shape index (κ1) is 29.2. The number of fused-ring (bicyclic) bond motifs is 1. The maximum Gasteiger partial charge on any atom is 0.310 e. The highest BCUT2D eigenvalue weighted by Crippen LogP contribution is 2.32. The van der Waals surface area contributed by atoms with Crippen molar-refractivity contribution >= 4 is 17.4 Å². The third kappa shape index (κ3) is 7.56. The summed E-state index contributed by atoms with van der Waals surface area (Å²) in [5.41, 5.74) is 9.21. The molecule has 2 aromatic rings. The van der Waals surface area contributed by atoms with Crippen LogP contribution in [0.3, 0.4) is 0 Å². The summed E-state index contributed by atoms with van der Waals surface area (Å²) in [6.07, 6.45) is 6.81. The molecule has 0 spiro atoms. The first-order valence-electron chi connectivity index (χ1n) is 12.9. The van der Waals surface area contributed by atoms with Crippen LogP contribution >= 0.6 is 0 Å². The third-order valence-electron chi connectivity index (χ3n) is 6.41. The number of aromatic nitrogens is 3. The molecule has 0 bridgehead atoms. The Hall–Kier alpha value is -3.41. The second kappa shape index (κ2) is 13.4. The number of hydrogen-bond donors (Lipinski definition) is 2. The predicted octanol–water partition coefficient (Wildman–Crippen LogP) is 2.38. The Morgan fingerprint density at radius 2 is 1.97 bits per heavy atom. The van der Waals surface area contributed by atoms with E-state index in [-0.39, 0.29) is 24.6 Å². The minimum atomic E-state index is -0.297. The third-order valence-corrected chi connectivity index (χ3v) is 6.41. The van der Waals surface area contributed by atoms with Gasteiger partial charge in [-0.3, -0.25) is 4.79 Å². The van der Waals surface area contributed by atoms with E-state index in [0.29, 0.717) is 43.4 Å². The van der Waals surface area contributed by atoms with E-state index in [1.807, 2.05) is 13.0 Å². The zero-order valence-electron chi connectivity index (χ0n) is 22.8. The Labute approximate surface area is 224 Å². The molecule has 1 saturated heterocycles. The number of hydrazine groups is 1. The summed E-state index contributed by atoms with van der Waals surface area (Å²) in [4.78, 5) is 19.5. The van der Waals surface area contributed by atoms with Gasteiger partial charge in [-0.15, -0.1) is 13.2 Å². The number of carbonyl (C=O) groups excluding carboxylic acids is 1. The zero-order valence-corrected chi connectivity index (χ0v) is 22.8. The number of piperidine rings is 1. The Morgan fingerprint density at radius 3 is 2.63 bits per heavy atom. The van der Waals surface area contributed by atoms with Crippen molar-refractivity contribution in [2.75, 3.05) is 44.4 Å². The minimum absolute atomic E-state index is 0.112. The molecule has 11 heteroatoms. The number of hydrogen-bond acceptors (Lipinski definition) is 10. The molecule has 11 nitrogen and oxygen atoms in total. The molecule has 4 N–H and O–H groups in total. The van der Waals surface area contributed by atoms with Crippen molar-refractivity contribution in [1.82, 2.24) is 19.6 Å². The zero-order chi connectivity index (χ0) is 27.7. The highest BCUT2D eigenvalue weighted by molar-refractivity contribution is 5.76. The number of nitrogens with two attached hydrogens (primary N) is 2. The van der Waals surface area contributed by atoms with Crippen LogP contribution in [0, 0.1) is 6.92 Å². The highest BCUT2D eigenvalue weighted by Gasteiger charge is 2.33. The monoisotopic (exact) mass is 527 g/mol. The van der Waals surface area contributed by atoms with Crippen LogP contribution in [0.25, 0.3) is 5.65 Å². The van der Waals surface area contributed by atoms with Crippen LogP contribution in [-0.4, -0.2) is 70.7 Å². The van der Waals surface area contributed by atoms with E-state index in [9.17, 15) is 4.79 Å². The minimum Gasteiger partial charge on any atom is -0.466 e. The van der Waals surface area contributed by atoms with Crippen LogP contribution < -0.4 is 16.5 Å². The van der Waals surface area contributed by atoms with E-state index < -0.39 is 0 Å². The number of carbonyl (C=O) groups is 1. The van der Waals surface area contributed by atoms with Crippen LogP contribution in [0.4, 0.5) is 5.82 Å². The topological polar surface area (TPSA) is 133 Å². The maximum atomic E-state index is 12.5. The van der Waals surface area contributed by atoms with E-state index in [1.54, 1.807) is 29.8 Å². The number of anilines is 1. The Kier molecular flexibility index (Phi) is 10.3. The van der Waals surface area contributed by atoms with Gasteiger partial charge in [-0.05, 0) is 33.6 Å². The van der Waals surface area contributed by atoms with Gasteiger partial charge >= 0.3 is 5.97 Å². The molecule has 3 heterocycles. The number of nitrogens with zero attached hydrogens (tertiary/aromatic N) is 5. The van der Waals surface area contributed by atoms with Gasteiger partial charge in [0, 0.05) is 36.6 Å². The van der Waals surface area contributed by atoms with Crippen molar-refractivity contribution in [3.63, 3.8) is 0 Å². The average molecular weight is 528 g/mol. The van der Waals surface area contributed by atoms with Gasteiger partial charge in [0.1, 0.15) is 5.82 Å². The molecular formula is C27H41N7O4. The number of aryl methyl sites for hydroxylation is 1. The Morgan fingerprint density at radius 1 is 1.26 bits per heavy atom. The number of ether oxygens (including phenoxy) is 3. The van der Waals surface area contributed by atoms with E-state index in [4.69, 9.17) is 35.9 Å². The Balaban J connectivity index is 1.92. The fourth-order valence-corrected chi connectivity index (χ4v) is 4.49. The number of rotatable bonds is 14. The molecule has 2 aromatic heterocycles. The van der Waals surface area contributed by atoms with Gasteiger partial charge in [-0.25, -0.2) is 10.8 Å². The second-order valence-corrected chi connectivity index (χ2v) is 9.60. The van der Waals surface area contributed by atoms with Crippen LogP contribution in [0.1, 0.15) is 43.6 Å². The molecule has 1 aliphatic heterocycles. The standard InChI is InChI=1S/C27H41N7O4/c1-6-13-36-19-21(28)17-33(29)18-22-15-24-30-20(4)23(16-25(35)37-8-3)26(34(24)31-22)32-11-9-27(5,10-12-32)38-14-7-2/h6-7,15,17H,1-2,8-14,16,18-19,28-29H2,3-5H3/b21-17-. The molecule has 0 unspecified atom stereocenters. The van der Waals surface area contributed by atoms with Crippen molar-refractivity contribution in [2.45, 2.75) is 52.2 Å². The maximum absolute atomic E-state index is 12.5. The molecular weight excluding hydrogens is 486 g/mol. The smallest absolute Gasteiger partial charge is 0.310 e. The summed E-state index contributed by atoms with van der Waals surface area (Å²) in [5.74, 6) is 6.73. The predicted molar refractivity (Wildman–Crippen MR) is 147 cm³/mol. The fourth-order valence-electron chi connectivity index (χ4n) is 4.49. The first-order chi connectivity index (χ1) is 18.2. The second-order valence-electron chi connectivity index (χ2n) is 9.60. The summed E-state index contributed by atoms with van der Waals surface area (Å²) in [5, 5.41) is 6.29. The normalized spacial score (nSPS) is 15.5. The van der Waals surface area contributed by atoms with Crippen molar-refractivity contribution in [3.05, 3.63) is 60.2 Å². The molecule has 0 radical (unpaired) electrons.